The van der Waals surface area contributed by atoms with E-state index in [4.69, 9.17) is 0 Å². The van der Waals surface area contributed by atoms with Crippen LogP contribution in [0.2, 0.25) is 0 Å². The van der Waals surface area contributed by atoms with Crippen LogP contribution in [0.15, 0.2) is 53.1 Å². The molecule has 3 aromatic rings. The van der Waals surface area contributed by atoms with Gasteiger partial charge < -0.3 is 5.32 Å². The van der Waals surface area contributed by atoms with E-state index < -0.39 is 6.03 Å². The van der Waals surface area contributed by atoms with Gasteiger partial charge in [-0.15, -0.1) is 11.3 Å². The van der Waals surface area contributed by atoms with Gasteiger partial charge in [-0.05, 0) is 23.6 Å². The lowest BCUT2D eigenvalue weighted by Crippen LogP contribution is -2.35. The molecule has 6 nitrogen and oxygen atoms in total. The van der Waals surface area contributed by atoms with Crippen molar-refractivity contribution in [2.24, 2.45) is 0 Å². The number of hydrogen-bond acceptors (Lipinski definition) is 6. The topological polar surface area (TPSA) is 84.0 Å². The molecule has 0 atom stereocenters. The van der Waals surface area contributed by atoms with E-state index in [2.05, 4.69) is 20.6 Å². The first-order valence-corrected chi connectivity index (χ1v) is 8.56. The summed E-state index contributed by atoms with van der Waals surface area (Å²) in [5.74, 6) is -0.283. The molecule has 0 radical (unpaired) electrons. The van der Waals surface area contributed by atoms with Gasteiger partial charge in [-0.25, -0.2) is 14.8 Å². The van der Waals surface area contributed by atoms with E-state index in [9.17, 15) is 9.59 Å². The number of thioether (sulfide) groups is 1. The Morgan fingerprint density at radius 1 is 1.13 bits per heavy atom. The summed E-state index contributed by atoms with van der Waals surface area (Å²) in [7, 11) is 0. The van der Waals surface area contributed by atoms with Crippen molar-refractivity contribution in [3.05, 3.63) is 48.1 Å². The molecule has 3 rings (SSSR count). The highest BCUT2D eigenvalue weighted by Gasteiger charge is 2.11. The Kier molecular flexibility index (Phi) is 4.84. The lowest BCUT2D eigenvalue weighted by atomic mass is 10.3. The fourth-order valence-corrected chi connectivity index (χ4v) is 3.44. The first kappa shape index (κ1) is 15.4. The quantitative estimate of drug-likeness (QED) is 0.561. The average Bonchev–Trinajstić information content (AvgIpc) is 3.03. The second kappa shape index (κ2) is 7.21. The van der Waals surface area contributed by atoms with Crippen LogP contribution in [-0.4, -0.2) is 27.7 Å². The Bertz CT molecular complexity index is 836. The number of benzene rings is 1. The van der Waals surface area contributed by atoms with Crippen LogP contribution in [0.1, 0.15) is 0 Å². The van der Waals surface area contributed by atoms with E-state index in [0.717, 1.165) is 15.2 Å². The number of urea groups is 1. The molecule has 0 unspecified atom stereocenters. The molecule has 0 saturated heterocycles. The van der Waals surface area contributed by atoms with Crippen molar-refractivity contribution in [1.82, 2.24) is 15.3 Å². The summed E-state index contributed by atoms with van der Waals surface area (Å²) in [6, 6.07) is 10.3. The van der Waals surface area contributed by atoms with E-state index in [0.29, 0.717) is 5.69 Å². The smallest absolute Gasteiger partial charge is 0.308 e. The van der Waals surface area contributed by atoms with Crippen molar-refractivity contribution >= 4 is 50.9 Å². The lowest BCUT2D eigenvalue weighted by molar-refractivity contribution is -0.117. The van der Waals surface area contributed by atoms with E-state index >= 15 is 0 Å². The van der Waals surface area contributed by atoms with Crippen molar-refractivity contribution in [3.63, 3.8) is 0 Å². The van der Waals surface area contributed by atoms with Crippen LogP contribution in [0.25, 0.3) is 10.2 Å². The molecule has 3 amide bonds. The third kappa shape index (κ3) is 4.05. The number of fused-ring (bicyclic) bond motifs is 1. The van der Waals surface area contributed by atoms with E-state index in [1.807, 2.05) is 17.5 Å². The summed E-state index contributed by atoms with van der Waals surface area (Å²) in [4.78, 5) is 32.8. The van der Waals surface area contributed by atoms with Gasteiger partial charge in [0.2, 0.25) is 5.91 Å². The van der Waals surface area contributed by atoms with Gasteiger partial charge in [-0.3, -0.25) is 10.1 Å². The predicted octanol–water partition coefficient (Wildman–Crippen LogP) is 3.13. The highest BCUT2D eigenvalue weighted by Crippen LogP contribution is 2.27. The minimum Gasteiger partial charge on any atom is -0.308 e. The maximum absolute atomic E-state index is 11.9. The molecule has 2 heterocycles. The number of para-hydroxylation sites is 1. The Morgan fingerprint density at radius 3 is 2.78 bits per heavy atom. The van der Waals surface area contributed by atoms with Gasteiger partial charge in [0, 0.05) is 11.1 Å². The minimum absolute atomic E-state index is 0.101. The molecule has 116 valence electrons. The molecule has 8 heteroatoms. The third-order valence-electron chi connectivity index (χ3n) is 2.85. The predicted molar refractivity (Wildman–Crippen MR) is 91.7 cm³/mol. The zero-order valence-corrected chi connectivity index (χ0v) is 13.5. The summed E-state index contributed by atoms with van der Waals surface area (Å²) >= 11 is 2.79. The Balaban J connectivity index is 1.53. The molecule has 23 heavy (non-hydrogen) atoms. The highest BCUT2D eigenvalue weighted by molar-refractivity contribution is 8.00. The average molecular weight is 344 g/mol. The summed E-state index contributed by atoms with van der Waals surface area (Å²) in [5.41, 5.74) is 0.626. The van der Waals surface area contributed by atoms with Crippen molar-refractivity contribution in [3.8, 4) is 0 Å². The summed E-state index contributed by atoms with van der Waals surface area (Å²) in [6.07, 6.45) is 1.47. The molecule has 2 N–H and O–H groups in total. The number of nitrogens with zero attached hydrogens (tertiary/aromatic N) is 2. The molecule has 1 aromatic carbocycles. The van der Waals surface area contributed by atoms with Crippen LogP contribution in [0.5, 0.6) is 0 Å². The Morgan fingerprint density at radius 2 is 1.96 bits per heavy atom. The van der Waals surface area contributed by atoms with Crippen LogP contribution < -0.4 is 10.6 Å². The molecular formula is C15H12N4O2S2. The van der Waals surface area contributed by atoms with E-state index in [1.54, 1.807) is 24.3 Å². The van der Waals surface area contributed by atoms with Gasteiger partial charge in [-0.1, -0.05) is 30.0 Å². The van der Waals surface area contributed by atoms with Crippen LogP contribution >= 0.6 is 23.1 Å². The van der Waals surface area contributed by atoms with Crippen LogP contribution in [0.4, 0.5) is 10.5 Å². The maximum atomic E-state index is 11.9. The molecule has 0 saturated carbocycles. The Labute approximate surface area is 140 Å². The first-order chi connectivity index (χ1) is 11.2. The zero-order valence-electron chi connectivity index (χ0n) is 11.9. The number of carbonyl (C=O) groups is 2. The van der Waals surface area contributed by atoms with Crippen LogP contribution in [0.3, 0.4) is 0 Å². The van der Waals surface area contributed by atoms with Crippen molar-refractivity contribution in [1.29, 1.82) is 0 Å². The van der Waals surface area contributed by atoms with Crippen LogP contribution in [-0.2, 0) is 4.79 Å². The van der Waals surface area contributed by atoms with Gasteiger partial charge in [0.1, 0.15) is 16.2 Å². The number of nitrogens with one attached hydrogen (secondary N) is 2. The number of anilines is 1. The van der Waals surface area contributed by atoms with Crippen LogP contribution in [0, 0.1) is 0 Å². The van der Waals surface area contributed by atoms with Crippen molar-refractivity contribution < 1.29 is 9.59 Å². The number of amides is 3. The number of thiophene rings is 1. The molecule has 0 aliphatic heterocycles. The second-order valence-corrected chi connectivity index (χ2v) is 6.33. The second-order valence-electron chi connectivity index (χ2n) is 4.48. The molecular weight excluding hydrogens is 332 g/mol. The van der Waals surface area contributed by atoms with Crippen molar-refractivity contribution in [2.45, 2.75) is 5.03 Å². The van der Waals surface area contributed by atoms with Gasteiger partial charge in [0.25, 0.3) is 0 Å². The fraction of sp³-hybridized carbons (Fsp3) is 0.0667. The van der Waals surface area contributed by atoms with Gasteiger partial charge in [-0.2, -0.15) is 0 Å². The molecule has 0 aliphatic rings. The fourth-order valence-electron chi connectivity index (χ4n) is 1.86. The Hall–Kier alpha value is -2.45. The molecule has 0 spiro atoms. The molecule has 0 fully saturated rings. The standard InChI is InChI=1S/C15H12N4O2S2/c20-12(19-15(21)18-10-4-2-1-3-5-10)8-23-14-11-6-7-22-13(11)16-9-17-14/h1-7,9H,8H2,(H2,18,19,20,21). The minimum atomic E-state index is -0.551. The largest absolute Gasteiger partial charge is 0.325 e. The summed E-state index contributed by atoms with van der Waals surface area (Å²) in [6.45, 7) is 0. The number of aromatic nitrogens is 2. The van der Waals surface area contributed by atoms with E-state index in [-0.39, 0.29) is 11.7 Å². The van der Waals surface area contributed by atoms with Gasteiger partial charge in [0.05, 0.1) is 5.75 Å². The van der Waals surface area contributed by atoms with Gasteiger partial charge >= 0.3 is 6.03 Å². The molecule has 0 aliphatic carbocycles. The summed E-state index contributed by atoms with van der Waals surface area (Å²) in [5, 5.41) is 8.46. The highest BCUT2D eigenvalue weighted by atomic mass is 32.2. The SMILES string of the molecule is O=C(CSc1ncnc2sccc12)NC(=O)Nc1ccccc1. The maximum Gasteiger partial charge on any atom is 0.325 e. The number of imide groups is 1. The van der Waals surface area contributed by atoms with E-state index in [1.165, 1.54) is 29.4 Å². The first-order valence-electron chi connectivity index (χ1n) is 6.69. The van der Waals surface area contributed by atoms with Gasteiger partial charge in [0.15, 0.2) is 0 Å². The summed E-state index contributed by atoms with van der Waals surface area (Å²) < 4.78 is 0. The number of rotatable bonds is 4. The molecule has 0 bridgehead atoms. The van der Waals surface area contributed by atoms with Crippen molar-refractivity contribution in [2.75, 3.05) is 11.1 Å². The zero-order chi connectivity index (χ0) is 16.1. The molecule has 2 aromatic heterocycles. The monoisotopic (exact) mass is 344 g/mol. The number of carbonyl (C=O) groups excluding carboxylic acids is 2. The normalized spacial score (nSPS) is 10.4. The lowest BCUT2D eigenvalue weighted by Gasteiger charge is -2.06. The number of hydrogen-bond donors (Lipinski definition) is 2. The third-order valence-corrected chi connectivity index (χ3v) is 4.68.